The third kappa shape index (κ3) is 12.6. The van der Waals surface area contributed by atoms with E-state index >= 15 is 0 Å². The van der Waals surface area contributed by atoms with Crippen LogP contribution < -0.4 is 56.1 Å². The Morgan fingerprint density at radius 2 is 1.10 bits per heavy atom. The Morgan fingerprint density at radius 3 is 1.55 bits per heavy atom. The van der Waals surface area contributed by atoms with E-state index in [1.807, 2.05) is 12.1 Å². The predicted octanol–water partition coefficient (Wildman–Crippen LogP) is 4.24. The molecule has 0 N–H and O–H groups in total. The normalized spacial score (nSPS) is 11.2. The third-order valence-corrected chi connectivity index (χ3v) is 6.19. The molecule has 0 radical (unpaired) electrons. The van der Waals surface area contributed by atoms with Crippen LogP contribution in [-0.2, 0) is 16.5 Å². The fraction of sp³-hybridized carbons (Fsp3) is 0.520. The van der Waals surface area contributed by atoms with Gasteiger partial charge in [0.2, 0.25) is 0 Å². The first-order valence-electron chi connectivity index (χ1n) is 11.3. The van der Waals surface area contributed by atoms with E-state index in [1.54, 1.807) is 0 Å². The zero-order valence-corrected chi connectivity index (χ0v) is 23.1. The van der Waals surface area contributed by atoms with Gasteiger partial charge in [-0.1, -0.05) is 83.3 Å². The van der Waals surface area contributed by atoms with Gasteiger partial charge in [0, 0.05) is 0 Å². The smallest absolute Gasteiger partial charge is 0.744 e. The first kappa shape index (κ1) is 28.8. The molecule has 31 heavy (non-hydrogen) atoms. The second-order valence-electron chi connectivity index (χ2n) is 7.96. The minimum atomic E-state index is -4.43. The zero-order valence-electron chi connectivity index (χ0n) is 19.1. The van der Waals surface area contributed by atoms with Crippen molar-refractivity contribution in [1.82, 2.24) is 0 Å². The minimum absolute atomic E-state index is 0. The van der Waals surface area contributed by atoms with E-state index in [4.69, 9.17) is 4.74 Å². The van der Waals surface area contributed by atoms with E-state index in [-0.39, 0.29) is 56.3 Å². The van der Waals surface area contributed by atoms with Crippen molar-refractivity contribution in [2.45, 2.75) is 88.9 Å². The molecule has 0 saturated heterocycles. The van der Waals surface area contributed by atoms with E-state index in [0.717, 1.165) is 6.42 Å². The summed E-state index contributed by atoms with van der Waals surface area (Å²) in [7, 11) is -4.43. The topological polar surface area (TPSA) is 66.4 Å². The van der Waals surface area contributed by atoms with Crippen molar-refractivity contribution in [3.63, 3.8) is 0 Å². The van der Waals surface area contributed by atoms with Gasteiger partial charge in [-0.05, 0) is 54.8 Å². The SMILES string of the molecule is CCCCCCCCCCCCCc1ccc(Oc2ccc(S(=O)(=O)[O-])cc2)cc1.[K+]. The Bertz CT molecular complexity index is 818. The van der Waals surface area contributed by atoms with Crippen LogP contribution in [0.5, 0.6) is 11.5 Å². The molecule has 2 aromatic rings. The molecule has 0 heterocycles. The zero-order chi connectivity index (χ0) is 21.7. The third-order valence-electron chi connectivity index (χ3n) is 5.34. The maximum Gasteiger partial charge on any atom is 1.00 e. The molecule has 2 rings (SSSR count). The van der Waals surface area contributed by atoms with E-state index in [0.29, 0.717) is 11.5 Å². The summed E-state index contributed by atoms with van der Waals surface area (Å²) in [5, 5.41) is 0. The van der Waals surface area contributed by atoms with Gasteiger partial charge in [0.15, 0.2) is 0 Å². The summed E-state index contributed by atoms with van der Waals surface area (Å²) >= 11 is 0. The van der Waals surface area contributed by atoms with E-state index in [1.165, 1.54) is 100 Å². The minimum Gasteiger partial charge on any atom is -0.744 e. The summed E-state index contributed by atoms with van der Waals surface area (Å²) in [6.07, 6.45) is 15.9. The summed E-state index contributed by atoms with van der Waals surface area (Å²) in [4.78, 5) is -0.253. The molecule has 0 amide bonds. The van der Waals surface area contributed by atoms with Crippen LogP contribution in [0.1, 0.15) is 83.1 Å². The largest absolute Gasteiger partial charge is 1.00 e. The Kier molecular flexibility index (Phi) is 15.3. The van der Waals surface area contributed by atoms with Gasteiger partial charge in [0.05, 0.1) is 4.90 Å². The molecule has 0 atom stereocenters. The molecule has 0 fully saturated rings. The van der Waals surface area contributed by atoms with Crippen molar-refractivity contribution in [1.29, 1.82) is 0 Å². The number of unbranched alkanes of at least 4 members (excludes halogenated alkanes) is 10. The number of hydrogen-bond acceptors (Lipinski definition) is 4. The van der Waals surface area contributed by atoms with Crippen LogP contribution in [0, 0.1) is 0 Å². The molecule has 166 valence electrons. The molecule has 4 nitrogen and oxygen atoms in total. The fourth-order valence-electron chi connectivity index (χ4n) is 3.53. The molecule has 0 bridgehead atoms. The van der Waals surface area contributed by atoms with Crippen LogP contribution in [0.15, 0.2) is 53.4 Å². The van der Waals surface area contributed by atoms with Crippen molar-refractivity contribution in [2.75, 3.05) is 0 Å². The molecule has 0 aliphatic carbocycles. The summed E-state index contributed by atoms with van der Waals surface area (Å²) < 4.78 is 38.6. The van der Waals surface area contributed by atoms with Gasteiger partial charge in [0.1, 0.15) is 21.6 Å². The summed E-state index contributed by atoms with van der Waals surface area (Å²) in [6.45, 7) is 2.26. The second-order valence-corrected chi connectivity index (χ2v) is 9.34. The average molecular weight is 471 g/mol. The van der Waals surface area contributed by atoms with Crippen molar-refractivity contribution >= 4 is 10.1 Å². The Morgan fingerprint density at radius 1 is 0.677 bits per heavy atom. The first-order chi connectivity index (χ1) is 14.5. The number of benzene rings is 2. The quantitative estimate of drug-likeness (QED) is 0.222. The average Bonchev–Trinajstić information content (AvgIpc) is 2.73. The van der Waals surface area contributed by atoms with E-state index in [9.17, 15) is 13.0 Å². The van der Waals surface area contributed by atoms with Gasteiger partial charge in [-0.25, -0.2) is 8.42 Å². The summed E-state index contributed by atoms with van der Waals surface area (Å²) in [5.74, 6) is 1.19. The molecular formula is C25H35KO4S. The van der Waals surface area contributed by atoms with Crippen LogP contribution in [0.2, 0.25) is 0 Å². The van der Waals surface area contributed by atoms with Crippen molar-refractivity contribution in [2.24, 2.45) is 0 Å². The van der Waals surface area contributed by atoms with Crippen molar-refractivity contribution in [3.8, 4) is 11.5 Å². The molecule has 0 aliphatic heterocycles. The van der Waals surface area contributed by atoms with Gasteiger partial charge < -0.3 is 9.29 Å². The van der Waals surface area contributed by atoms with Crippen LogP contribution in [-0.4, -0.2) is 13.0 Å². The Labute approximate surface area is 231 Å². The van der Waals surface area contributed by atoms with Gasteiger partial charge in [-0.3, -0.25) is 0 Å². The summed E-state index contributed by atoms with van der Waals surface area (Å²) in [5.41, 5.74) is 1.30. The molecule has 0 unspecified atom stereocenters. The number of rotatable bonds is 15. The fourth-order valence-corrected chi connectivity index (χ4v) is 4.00. The van der Waals surface area contributed by atoms with Crippen molar-refractivity contribution < 1.29 is 69.1 Å². The maximum absolute atomic E-state index is 11.0. The maximum atomic E-state index is 11.0. The van der Waals surface area contributed by atoms with E-state index in [2.05, 4.69) is 19.1 Å². The van der Waals surface area contributed by atoms with Gasteiger partial charge in [0.25, 0.3) is 0 Å². The molecular weight excluding hydrogens is 435 g/mol. The Balaban J connectivity index is 0.00000480. The van der Waals surface area contributed by atoms with Crippen LogP contribution in [0.4, 0.5) is 0 Å². The van der Waals surface area contributed by atoms with Gasteiger partial charge in [-0.15, -0.1) is 0 Å². The molecule has 0 aliphatic rings. The van der Waals surface area contributed by atoms with Crippen LogP contribution in [0.25, 0.3) is 0 Å². The molecule has 2 aromatic carbocycles. The summed E-state index contributed by atoms with van der Waals surface area (Å²) in [6, 6.07) is 13.5. The number of ether oxygens (including phenoxy) is 1. The first-order valence-corrected chi connectivity index (χ1v) is 12.7. The number of aryl methyl sites for hydroxylation is 1. The van der Waals surface area contributed by atoms with Crippen LogP contribution >= 0.6 is 0 Å². The predicted molar refractivity (Wildman–Crippen MR) is 121 cm³/mol. The molecule has 6 heteroatoms. The Hall–Kier alpha value is -0.214. The molecule has 0 spiro atoms. The van der Waals surface area contributed by atoms with Crippen LogP contribution in [0.3, 0.4) is 0 Å². The monoisotopic (exact) mass is 470 g/mol. The van der Waals surface area contributed by atoms with Gasteiger partial charge in [-0.2, -0.15) is 0 Å². The van der Waals surface area contributed by atoms with Gasteiger partial charge >= 0.3 is 51.4 Å². The van der Waals surface area contributed by atoms with E-state index < -0.39 is 10.1 Å². The van der Waals surface area contributed by atoms with Crippen molar-refractivity contribution in [3.05, 3.63) is 54.1 Å². The second kappa shape index (κ2) is 16.4. The molecule has 0 saturated carbocycles. The standard InChI is InChI=1S/C25H36O4S.K/c1-2-3-4-5-6-7-8-9-10-11-12-13-22-14-16-23(17-15-22)29-24-18-20-25(21-19-24)30(26,27)28;/h14-21H,2-13H2,1H3,(H,26,27,28);/q;+1/p-1. The molecule has 0 aromatic heterocycles. The number of hydrogen-bond donors (Lipinski definition) is 0.